The first-order chi connectivity index (χ1) is 10.5. The zero-order valence-corrected chi connectivity index (χ0v) is 13.3. The summed E-state index contributed by atoms with van der Waals surface area (Å²) in [5.74, 6) is -0.800. The number of carbonyl (C=O) groups is 2. The second-order valence-corrected chi connectivity index (χ2v) is 5.38. The van der Waals surface area contributed by atoms with Gasteiger partial charge in [-0.15, -0.1) is 0 Å². The highest BCUT2D eigenvalue weighted by molar-refractivity contribution is 9.10. The molecule has 2 aromatic rings. The predicted octanol–water partition coefficient (Wildman–Crippen LogP) is 3.44. The molecule has 0 atom stereocenters. The van der Waals surface area contributed by atoms with Gasteiger partial charge in [0.2, 0.25) is 0 Å². The minimum atomic E-state index is -1.04. The molecule has 2 aromatic carbocycles. The fourth-order valence-electron chi connectivity index (χ4n) is 1.69. The van der Waals surface area contributed by atoms with Crippen LogP contribution in [0.5, 0.6) is 11.5 Å². The van der Waals surface area contributed by atoms with Crippen molar-refractivity contribution in [2.45, 2.75) is 6.92 Å². The van der Waals surface area contributed by atoms with Crippen molar-refractivity contribution in [1.82, 2.24) is 0 Å². The summed E-state index contributed by atoms with van der Waals surface area (Å²) in [7, 11) is 0. The zero-order chi connectivity index (χ0) is 16.1. The molecule has 0 heterocycles. The molecular weight excluding hydrogens is 352 g/mol. The van der Waals surface area contributed by atoms with Crippen LogP contribution in [0.2, 0.25) is 0 Å². The summed E-state index contributed by atoms with van der Waals surface area (Å²) in [6.07, 6.45) is 0. The van der Waals surface area contributed by atoms with Crippen LogP contribution in [0.25, 0.3) is 0 Å². The molecule has 6 heteroatoms. The Hall–Kier alpha value is -2.34. The second-order valence-electron chi connectivity index (χ2n) is 4.53. The van der Waals surface area contributed by atoms with Crippen LogP contribution in [0, 0.1) is 6.92 Å². The lowest BCUT2D eigenvalue weighted by atomic mass is 10.2. The summed E-state index contributed by atoms with van der Waals surface area (Å²) in [6, 6.07) is 11.1. The first kappa shape index (κ1) is 16.0. The van der Waals surface area contributed by atoms with Gasteiger partial charge in [-0.05, 0) is 64.8 Å². The van der Waals surface area contributed by atoms with Gasteiger partial charge >= 0.3 is 11.9 Å². The van der Waals surface area contributed by atoms with Gasteiger partial charge in [0, 0.05) is 0 Å². The van der Waals surface area contributed by atoms with Gasteiger partial charge in [-0.3, -0.25) is 0 Å². The van der Waals surface area contributed by atoms with Crippen LogP contribution in [-0.4, -0.2) is 23.7 Å². The molecule has 0 aliphatic rings. The van der Waals surface area contributed by atoms with E-state index in [1.165, 1.54) is 24.3 Å². The molecular formula is C16H13BrO5. The van der Waals surface area contributed by atoms with Crippen molar-refractivity contribution in [2.24, 2.45) is 0 Å². The molecule has 22 heavy (non-hydrogen) atoms. The molecule has 0 saturated carbocycles. The van der Waals surface area contributed by atoms with Gasteiger partial charge in [0.25, 0.3) is 0 Å². The third-order valence-electron chi connectivity index (χ3n) is 2.77. The number of carboxylic acid groups (broad SMARTS) is 1. The molecule has 5 nitrogen and oxygen atoms in total. The average Bonchev–Trinajstić information content (AvgIpc) is 2.47. The number of halogens is 1. The van der Waals surface area contributed by atoms with E-state index in [-0.39, 0.29) is 17.9 Å². The number of aromatic carboxylic acids is 1. The molecule has 2 rings (SSSR count). The standard InChI is InChI=1S/C16H13BrO5/c1-10-2-7-14(13(17)8-10)21-9-15(18)22-12-5-3-11(4-6-12)16(19)20/h2-8H,9H2,1H3,(H,19,20). The van der Waals surface area contributed by atoms with Crippen LogP contribution >= 0.6 is 15.9 Å². The maximum atomic E-state index is 11.7. The van der Waals surface area contributed by atoms with E-state index in [0.29, 0.717) is 5.75 Å². The summed E-state index contributed by atoms with van der Waals surface area (Å²) in [5, 5.41) is 8.78. The molecule has 0 spiro atoms. The van der Waals surface area contributed by atoms with Crippen molar-refractivity contribution >= 4 is 27.9 Å². The minimum absolute atomic E-state index is 0.125. The highest BCUT2D eigenvalue weighted by Gasteiger charge is 2.09. The monoisotopic (exact) mass is 364 g/mol. The Morgan fingerprint density at radius 2 is 1.82 bits per heavy atom. The quantitative estimate of drug-likeness (QED) is 0.649. The van der Waals surface area contributed by atoms with Gasteiger partial charge in [0.1, 0.15) is 11.5 Å². The van der Waals surface area contributed by atoms with Crippen LogP contribution < -0.4 is 9.47 Å². The number of aryl methyl sites for hydroxylation is 1. The summed E-state index contributed by atoms with van der Waals surface area (Å²) in [4.78, 5) is 22.4. The minimum Gasteiger partial charge on any atom is -0.481 e. The van der Waals surface area contributed by atoms with Gasteiger partial charge in [0.05, 0.1) is 10.0 Å². The van der Waals surface area contributed by atoms with E-state index < -0.39 is 11.9 Å². The molecule has 0 aliphatic carbocycles. The van der Waals surface area contributed by atoms with Crippen LogP contribution in [0.3, 0.4) is 0 Å². The number of ether oxygens (including phenoxy) is 2. The van der Waals surface area contributed by atoms with Crippen LogP contribution in [0.15, 0.2) is 46.9 Å². The highest BCUT2D eigenvalue weighted by Crippen LogP contribution is 2.25. The van der Waals surface area contributed by atoms with E-state index in [1.807, 2.05) is 19.1 Å². The van der Waals surface area contributed by atoms with E-state index in [1.54, 1.807) is 6.07 Å². The first-order valence-corrected chi connectivity index (χ1v) is 7.18. The van der Waals surface area contributed by atoms with Gasteiger partial charge in [-0.2, -0.15) is 0 Å². The van der Waals surface area contributed by atoms with Crippen molar-refractivity contribution in [2.75, 3.05) is 6.61 Å². The molecule has 0 aromatic heterocycles. The average molecular weight is 365 g/mol. The van der Waals surface area contributed by atoms with E-state index in [9.17, 15) is 9.59 Å². The van der Waals surface area contributed by atoms with E-state index in [2.05, 4.69) is 15.9 Å². The number of rotatable bonds is 5. The lowest BCUT2D eigenvalue weighted by Crippen LogP contribution is -2.17. The predicted molar refractivity (Wildman–Crippen MR) is 83.4 cm³/mol. The molecule has 0 aliphatic heterocycles. The number of carboxylic acids is 1. The van der Waals surface area contributed by atoms with E-state index in [0.717, 1.165) is 10.0 Å². The Balaban J connectivity index is 1.91. The molecule has 0 fully saturated rings. The smallest absolute Gasteiger partial charge is 0.349 e. The molecule has 0 radical (unpaired) electrons. The van der Waals surface area contributed by atoms with Gasteiger partial charge in [0.15, 0.2) is 6.61 Å². The number of hydrogen-bond donors (Lipinski definition) is 1. The van der Waals surface area contributed by atoms with E-state index in [4.69, 9.17) is 14.6 Å². The second kappa shape index (κ2) is 7.09. The van der Waals surface area contributed by atoms with Gasteiger partial charge in [-0.1, -0.05) is 6.07 Å². The Morgan fingerprint density at radius 3 is 2.41 bits per heavy atom. The van der Waals surface area contributed by atoms with Crippen LogP contribution in [0.1, 0.15) is 15.9 Å². The first-order valence-electron chi connectivity index (χ1n) is 6.38. The lowest BCUT2D eigenvalue weighted by molar-refractivity contribution is -0.136. The summed E-state index contributed by atoms with van der Waals surface area (Å²) in [6.45, 7) is 1.70. The summed E-state index contributed by atoms with van der Waals surface area (Å²) < 4.78 is 11.2. The zero-order valence-electron chi connectivity index (χ0n) is 11.7. The summed E-state index contributed by atoms with van der Waals surface area (Å²) in [5.41, 5.74) is 1.19. The van der Waals surface area contributed by atoms with Gasteiger partial charge in [-0.25, -0.2) is 9.59 Å². The number of carbonyl (C=O) groups excluding carboxylic acids is 1. The van der Waals surface area contributed by atoms with Crippen LogP contribution in [-0.2, 0) is 4.79 Å². The Bertz CT molecular complexity index is 694. The van der Waals surface area contributed by atoms with Crippen LogP contribution in [0.4, 0.5) is 0 Å². The van der Waals surface area contributed by atoms with Crippen molar-refractivity contribution in [3.8, 4) is 11.5 Å². The topological polar surface area (TPSA) is 72.8 Å². The number of hydrogen-bond acceptors (Lipinski definition) is 4. The highest BCUT2D eigenvalue weighted by atomic mass is 79.9. The Labute approximate surface area is 135 Å². The van der Waals surface area contributed by atoms with Crippen molar-refractivity contribution in [3.63, 3.8) is 0 Å². The van der Waals surface area contributed by atoms with Gasteiger partial charge < -0.3 is 14.6 Å². The Morgan fingerprint density at radius 1 is 1.14 bits per heavy atom. The molecule has 0 bridgehead atoms. The number of benzene rings is 2. The largest absolute Gasteiger partial charge is 0.481 e. The SMILES string of the molecule is Cc1ccc(OCC(=O)Oc2ccc(C(=O)O)cc2)c(Br)c1. The maximum absolute atomic E-state index is 11.7. The summed E-state index contributed by atoms with van der Waals surface area (Å²) >= 11 is 3.35. The molecule has 114 valence electrons. The normalized spacial score (nSPS) is 10.1. The maximum Gasteiger partial charge on any atom is 0.349 e. The molecule has 1 N–H and O–H groups in total. The third-order valence-corrected chi connectivity index (χ3v) is 3.39. The molecule has 0 amide bonds. The molecule has 0 saturated heterocycles. The van der Waals surface area contributed by atoms with Crippen molar-refractivity contribution in [3.05, 3.63) is 58.1 Å². The Kier molecular flexibility index (Phi) is 5.16. The fraction of sp³-hybridized carbons (Fsp3) is 0.125. The van der Waals surface area contributed by atoms with E-state index >= 15 is 0 Å². The lowest BCUT2D eigenvalue weighted by Gasteiger charge is -2.09. The van der Waals surface area contributed by atoms with Crippen molar-refractivity contribution < 1.29 is 24.2 Å². The fourth-order valence-corrected chi connectivity index (χ4v) is 2.29. The number of esters is 1. The third kappa shape index (κ3) is 4.33. The van der Waals surface area contributed by atoms with Crippen molar-refractivity contribution in [1.29, 1.82) is 0 Å². The molecule has 0 unspecified atom stereocenters.